The van der Waals surface area contributed by atoms with Gasteiger partial charge in [0.25, 0.3) is 0 Å². The van der Waals surface area contributed by atoms with Gasteiger partial charge in [-0.3, -0.25) is 0 Å². The first-order valence-corrected chi connectivity index (χ1v) is 10.7. The van der Waals surface area contributed by atoms with Gasteiger partial charge < -0.3 is 5.11 Å². The number of benzene rings is 2. The third kappa shape index (κ3) is 4.03. The molecule has 1 unspecified atom stereocenters. The van der Waals surface area contributed by atoms with Crippen LogP contribution in [0.1, 0.15) is 90.8 Å². The maximum Gasteiger partial charge on any atom is 0.146 e. The molecule has 0 fully saturated rings. The van der Waals surface area contributed by atoms with E-state index < -0.39 is 0 Å². The second-order valence-corrected chi connectivity index (χ2v) is 9.92. The van der Waals surface area contributed by atoms with Gasteiger partial charge in [-0.25, -0.2) is 0 Å². The predicted octanol–water partition coefficient (Wildman–Crippen LogP) is 6.62. The van der Waals surface area contributed by atoms with Crippen LogP contribution in [0.4, 0.5) is 0 Å². The maximum atomic E-state index is 11.1. The molecule has 0 aliphatic carbocycles. The molecule has 0 radical (unpaired) electrons. The van der Waals surface area contributed by atoms with Crippen molar-refractivity contribution in [3.05, 3.63) is 47.0 Å². The molecule has 0 saturated heterocycles. The predicted molar refractivity (Wildman–Crippen MR) is 121 cm³/mol. The Kier molecular flexibility index (Phi) is 5.50. The quantitative estimate of drug-likeness (QED) is 0.529. The van der Waals surface area contributed by atoms with Crippen LogP contribution in [0.3, 0.4) is 0 Å². The third-order valence-electron chi connectivity index (χ3n) is 6.39. The van der Waals surface area contributed by atoms with E-state index in [1.165, 1.54) is 11.1 Å². The molecule has 0 aliphatic heterocycles. The van der Waals surface area contributed by atoms with Crippen molar-refractivity contribution in [2.75, 3.05) is 0 Å². The van der Waals surface area contributed by atoms with Crippen molar-refractivity contribution >= 4 is 11.0 Å². The van der Waals surface area contributed by atoms with Crippen molar-refractivity contribution in [3.63, 3.8) is 0 Å². The lowest BCUT2D eigenvalue weighted by Gasteiger charge is -2.23. The Labute approximate surface area is 175 Å². The molecule has 4 nitrogen and oxygen atoms in total. The van der Waals surface area contributed by atoms with E-state index in [0.717, 1.165) is 29.4 Å². The minimum absolute atomic E-state index is 0.0322. The molecule has 1 atom stereocenters. The summed E-state index contributed by atoms with van der Waals surface area (Å²) in [4.78, 5) is 1.60. The molecule has 29 heavy (non-hydrogen) atoms. The zero-order valence-corrected chi connectivity index (χ0v) is 19.2. The topological polar surface area (TPSA) is 50.9 Å². The Bertz CT molecular complexity index is 1020. The Hall–Kier alpha value is -2.36. The Morgan fingerprint density at radius 3 is 2.17 bits per heavy atom. The van der Waals surface area contributed by atoms with Crippen LogP contribution >= 0.6 is 0 Å². The zero-order valence-electron chi connectivity index (χ0n) is 19.2. The van der Waals surface area contributed by atoms with Crippen LogP contribution in [0.25, 0.3) is 16.7 Å². The largest absolute Gasteiger partial charge is 0.505 e. The molecular weight excluding hydrogens is 358 g/mol. The van der Waals surface area contributed by atoms with Crippen LogP contribution in [-0.2, 0) is 10.8 Å². The lowest BCUT2D eigenvalue weighted by atomic mass is 9.82. The fourth-order valence-electron chi connectivity index (χ4n) is 3.47. The lowest BCUT2D eigenvalue weighted by Crippen LogP contribution is -2.15. The third-order valence-corrected chi connectivity index (χ3v) is 6.39. The van der Waals surface area contributed by atoms with Gasteiger partial charge in [-0.05, 0) is 64.5 Å². The van der Waals surface area contributed by atoms with E-state index in [9.17, 15) is 5.11 Å². The van der Waals surface area contributed by atoms with Gasteiger partial charge in [0, 0.05) is 0 Å². The summed E-state index contributed by atoms with van der Waals surface area (Å²) in [6.45, 7) is 17.6. The van der Waals surface area contributed by atoms with Crippen LogP contribution in [0.5, 0.6) is 5.75 Å². The molecule has 1 heterocycles. The average Bonchev–Trinajstić information content (AvgIpc) is 3.09. The molecule has 1 N–H and O–H groups in total. The molecule has 0 bridgehead atoms. The van der Waals surface area contributed by atoms with Crippen LogP contribution in [0.15, 0.2) is 30.3 Å². The van der Waals surface area contributed by atoms with Crippen molar-refractivity contribution in [2.24, 2.45) is 0 Å². The minimum atomic E-state index is -0.0322. The monoisotopic (exact) mass is 393 g/mol. The molecule has 4 heteroatoms. The van der Waals surface area contributed by atoms with E-state index in [2.05, 4.69) is 78.7 Å². The van der Waals surface area contributed by atoms with Gasteiger partial charge >= 0.3 is 0 Å². The van der Waals surface area contributed by atoms with Gasteiger partial charge in [-0.15, -0.1) is 15.0 Å². The van der Waals surface area contributed by atoms with Gasteiger partial charge in [-0.2, -0.15) is 0 Å². The van der Waals surface area contributed by atoms with Crippen molar-refractivity contribution in [3.8, 4) is 11.4 Å². The second-order valence-electron chi connectivity index (χ2n) is 9.92. The highest BCUT2D eigenvalue weighted by molar-refractivity contribution is 5.75. The fraction of sp³-hybridized carbons (Fsp3) is 0.520. The average molecular weight is 394 g/mol. The fourth-order valence-corrected chi connectivity index (χ4v) is 3.47. The summed E-state index contributed by atoms with van der Waals surface area (Å²) in [5.74, 6) is 0.541. The number of hydrogen-bond acceptors (Lipinski definition) is 3. The lowest BCUT2D eigenvalue weighted by molar-refractivity contribution is 0.452. The van der Waals surface area contributed by atoms with Crippen LogP contribution in [0, 0.1) is 0 Å². The SMILES string of the molecule is CCC(C)c1cc(C(C)(C)C)cc(-n2nc3ccc(C(C)(C)CC)cc3n2)c1O. The molecular formula is C25H35N3O. The number of hydrogen-bond donors (Lipinski definition) is 1. The molecule has 3 rings (SSSR count). The number of phenolic OH excluding ortho intramolecular Hbond substituents is 1. The maximum absolute atomic E-state index is 11.1. The molecule has 2 aromatic carbocycles. The highest BCUT2D eigenvalue weighted by atomic mass is 16.3. The first-order valence-electron chi connectivity index (χ1n) is 10.7. The molecule has 0 saturated carbocycles. The van der Waals surface area contributed by atoms with E-state index in [0.29, 0.717) is 5.69 Å². The first-order chi connectivity index (χ1) is 13.5. The number of rotatable bonds is 5. The van der Waals surface area contributed by atoms with Gasteiger partial charge in [0.15, 0.2) is 0 Å². The number of fused-ring (bicyclic) bond motifs is 1. The van der Waals surface area contributed by atoms with Crippen molar-refractivity contribution in [1.82, 2.24) is 15.0 Å². The number of aromatic hydroxyl groups is 1. The number of phenols is 1. The van der Waals surface area contributed by atoms with Gasteiger partial charge in [0.05, 0.1) is 0 Å². The minimum Gasteiger partial charge on any atom is -0.505 e. The van der Waals surface area contributed by atoms with Gasteiger partial charge in [0.2, 0.25) is 0 Å². The molecule has 3 aromatic rings. The van der Waals surface area contributed by atoms with Crippen molar-refractivity contribution in [2.45, 2.75) is 85.0 Å². The van der Waals surface area contributed by atoms with Gasteiger partial charge in [0.1, 0.15) is 22.5 Å². The second kappa shape index (κ2) is 7.47. The molecule has 0 spiro atoms. The zero-order chi connectivity index (χ0) is 21.6. The number of aromatic nitrogens is 3. The van der Waals surface area contributed by atoms with E-state index in [-0.39, 0.29) is 22.5 Å². The number of nitrogens with zero attached hydrogens (tertiary/aromatic N) is 3. The van der Waals surface area contributed by atoms with Crippen LogP contribution in [-0.4, -0.2) is 20.1 Å². The van der Waals surface area contributed by atoms with Crippen molar-refractivity contribution in [1.29, 1.82) is 0 Å². The summed E-state index contributed by atoms with van der Waals surface area (Å²) >= 11 is 0. The summed E-state index contributed by atoms with van der Waals surface area (Å²) in [6, 6.07) is 10.5. The molecule has 156 valence electrons. The Morgan fingerprint density at radius 2 is 1.59 bits per heavy atom. The first kappa shape index (κ1) is 21.4. The summed E-state index contributed by atoms with van der Waals surface area (Å²) in [5, 5.41) is 20.5. The highest BCUT2D eigenvalue weighted by Gasteiger charge is 2.23. The van der Waals surface area contributed by atoms with E-state index in [1.54, 1.807) is 4.80 Å². The van der Waals surface area contributed by atoms with Crippen molar-refractivity contribution < 1.29 is 5.11 Å². The summed E-state index contributed by atoms with van der Waals surface area (Å²) < 4.78 is 0. The van der Waals surface area contributed by atoms with E-state index in [1.807, 2.05) is 12.1 Å². The van der Waals surface area contributed by atoms with Crippen LogP contribution < -0.4 is 0 Å². The Morgan fingerprint density at radius 1 is 0.931 bits per heavy atom. The molecule has 0 aliphatic rings. The van der Waals surface area contributed by atoms with E-state index in [4.69, 9.17) is 5.10 Å². The summed E-state index contributed by atoms with van der Waals surface area (Å²) in [6.07, 6.45) is 2.02. The van der Waals surface area contributed by atoms with E-state index >= 15 is 0 Å². The summed E-state index contributed by atoms with van der Waals surface area (Å²) in [7, 11) is 0. The molecule has 0 amide bonds. The highest BCUT2D eigenvalue weighted by Crippen LogP contribution is 2.38. The Balaban J connectivity index is 2.20. The smallest absolute Gasteiger partial charge is 0.146 e. The molecule has 1 aromatic heterocycles. The van der Waals surface area contributed by atoms with Crippen LogP contribution in [0.2, 0.25) is 0 Å². The van der Waals surface area contributed by atoms with Gasteiger partial charge in [-0.1, -0.05) is 67.5 Å². The normalized spacial score (nSPS) is 13.8. The standard InChI is InChI=1S/C25H35N3O/c1-9-16(3)19-13-18(24(4,5)6)15-22(23(19)29)28-26-20-12-11-17(14-21(20)27-28)25(7,8)10-2/h11-16,29H,9-10H2,1-8H3. The summed E-state index contributed by atoms with van der Waals surface area (Å²) in [5.41, 5.74) is 5.80.